The van der Waals surface area contributed by atoms with Crippen molar-refractivity contribution in [2.45, 2.75) is 26.4 Å². The lowest BCUT2D eigenvalue weighted by atomic mass is 10.4. The van der Waals surface area contributed by atoms with Crippen LogP contribution in [0, 0.1) is 0 Å². The Morgan fingerprint density at radius 2 is 2.23 bits per heavy atom. The summed E-state index contributed by atoms with van der Waals surface area (Å²) in [5.41, 5.74) is 5.42. The molecule has 0 aliphatic rings. The Morgan fingerprint density at radius 1 is 1.54 bits per heavy atom. The third-order valence-electron chi connectivity index (χ3n) is 1.54. The number of nitrogens with two attached hydrogens (primary N) is 1. The van der Waals surface area contributed by atoms with E-state index < -0.39 is 0 Å². The smallest absolute Gasteiger partial charge is 0.335 e. The van der Waals surface area contributed by atoms with Crippen molar-refractivity contribution in [3.8, 4) is 6.01 Å². The maximum absolute atomic E-state index is 5.42. The molecule has 2 N–H and O–H groups in total. The largest absolute Gasteiger partial charge is 0.460 e. The molecule has 13 heavy (non-hydrogen) atoms. The predicted molar refractivity (Wildman–Crippen MR) is 49.5 cm³/mol. The van der Waals surface area contributed by atoms with E-state index in [0.717, 1.165) is 12.2 Å². The first-order valence-corrected chi connectivity index (χ1v) is 4.40. The van der Waals surface area contributed by atoms with Gasteiger partial charge >= 0.3 is 6.01 Å². The van der Waals surface area contributed by atoms with E-state index in [4.69, 9.17) is 10.5 Å². The molecule has 0 radical (unpaired) electrons. The zero-order valence-corrected chi connectivity index (χ0v) is 8.32. The van der Waals surface area contributed by atoms with E-state index in [1.807, 2.05) is 20.9 Å². The van der Waals surface area contributed by atoms with E-state index in [9.17, 15) is 0 Å². The average Bonchev–Trinajstić information content (AvgIpc) is 2.31. The summed E-state index contributed by atoms with van der Waals surface area (Å²) in [5, 5.41) is 4.10. The van der Waals surface area contributed by atoms with Crippen LogP contribution < -0.4 is 10.5 Å². The minimum atomic E-state index is 0.105. The topological polar surface area (TPSA) is 66.0 Å². The van der Waals surface area contributed by atoms with Crippen molar-refractivity contribution in [2.24, 2.45) is 12.8 Å². The van der Waals surface area contributed by atoms with Crippen LogP contribution in [-0.4, -0.2) is 27.4 Å². The summed E-state index contributed by atoms with van der Waals surface area (Å²) in [4.78, 5) is 4.19. The summed E-state index contributed by atoms with van der Waals surface area (Å²) in [6.45, 7) is 4.46. The first kappa shape index (κ1) is 9.98. The van der Waals surface area contributed by atoms with E-state index in [1.54, 1.807) is 4.68 Å². The molecule has 1 heterocycles. The molecule has 5 heteroatoms. The van der Waals surface area contributed by atoms with Gasteiger partial charge < -0.3 is 10.5 Å². The van der Waals surface area contributed by atoms with Gasteiger partial charge in [0.1, 0.15) is 5.82 Å². The van der Waals surface area contributed by atoms with Gasteiger partial charge in [0, 0.05) is 13.5 Å². The quantitative estimate of drug-likeness (QED) is 0.721. The number of aryl methyl sites for hydroxylation is 1. The van der Waals surface area contributed by atoms with Gasteiger partial charge in [0.25, 0.3) is 0 Å². The van der Waals surface area contributed by atoms with E-state index >= 15 is 0 Å². The number of nitrogens with zero attached hydrogens (tertiary/aromatic N) is 3. The Bertz CT molecular complexity index is 269. The number of hydrogen-bond acceptors (Lipinski definition) is 4. The van der Waals surface area contributed by atoms with Gasteiger partial charge in [0.05, 0.1) is 6.10 Å². The molecule has 1 rings (SSSR count). The van der Waals surface area contributed by atoms with Crippen LogP contribution in [0.15, 0.2) is 0 Å². The van der Waals surface area contributed by atoms with Crippen molar-refractivity contribution in [3.63, 3.8) is 0 Å². The van der Waals surface area contributed by atoms with Gasteiger partial charge in [-0.15, -0.1) is 5.10 Å². The molecule has 0 aliphatic carbocycles. The van der Waals surface area contributed by atoms with Crippen molar-refractivity contribution < 1.29 is 4.74 Å². The highest BCUT2D eigenvalue weighted by atomic mass is 16.5. The van der Waals surface area contributed by atoms with Crippen LogP contribution in [0.25, 0.3) is 0 Å². The van der Waals surface area contributed by atoms with Crippen LogP contribution >= 0.6 is 0 Å². The third-order valence-corrected chi connectivity index (χ3v) is 1.54. The average molecular weight is 184 g/mol. The maximum Gasteiger partial charge on any atom is 0.335 e. The van der Waals surface area contributed by atoms with Gasteiger partial charge in [0.2, 0.25) is 0 Å². The summed E-state index contributed by atoms with van der Waals surface area (Å²) in [6, 6.07) is 0.431. The molecule has 0 aromatic carbocycles. The molecule has 0 aliphatic heterocycles. The zero-order valence-electron chi connectivity index (χ0n) is 8.32. The van der Waals surface area contributed by atoms with E-state index in [2.05, 4.69) is 10.1 Å². The van der Waals surface area contributed by atoms with Crippen molar-refractivity contribution in [1.82, 2.24) is 14.8 Å². The summed E-state index contributed by atoms with van der Waals surface area (Å²) < 4.78 is 7.04. The zero-order chi connectivity index (χ0) is 9.84. The summed E-state index contributed by atoms with van der Waals surface area (Å²) in [5.74, 6) is 0.859. The highest BCUT2D eigenvalue weighted by Gasteiger charge is 2.07. The Labute approximate surface area is 77.9 Å². The fourth-order valence-corrected chi connectivity index (χ4v) is 0.999. The Hall–Kier alpha value is -1.10. The highest BCUT2D eigenvalue weighted by molar-refractivity contribution is 4.97. The second-order valence-electron chi connectivity index (χ2n) is 3.14. The SMILES string of the molecule is CC(C)Oc1nc(CCN)n(C)n1. The van der Waals surface area contributed by atoms with Crippen molar-refractivity contribution in [3.05, 3.63) is 5.82 Å². The lowest BCUT2D eigenvalue weighted by Crippen LogP contribution is -2.08. The molecule has 0 bridgehead atoms. The second-order valence-corrected chi connectivity index (χ2v) is 3.14. The lowest BCUT2D eigenvalue weighted by molar-refractivity contribution is 0.221. The standard InChI is InChI=1S/C8H16N4O/c1-6(2)13-8-10-7(4-5-9)12(3)11-8/h6H,4-5,9H2,1-3H3. The van der Waals surface area contributed by atoms with Gasteiger partial charge in [-0.2, -0.15) is 4.98 Å². The number of ether oxygens (including phenoxy) is 1. The minimum Gasteiger partial charge on any atom is -0.460 e. The molecule has 74 valence electrons. The number of aromatic nitrogens is 3. The van der Waals surface area contributed by atoms with Crippen LogP contribution in [0.3, 0.4) is 0 Å². The predicted octanol–water partition coefficient (Wildman–Crippen LogP) is 0.104. The Balaban J connectivity index is 2.70. The molecular weight excluding hydrogens is 168 g/mol. The molecule has 0 amide bonds. The van der Waals surface area contributed by atoms with E-state index in [-0.39, 0.29) is 6.10 Å². The molecule has 1 aromatic heterocycles. The lowest BCUT2D eigenvalue weighted by Gasteiger charge is -2.02. The molecule has 0 spiro atoms. The maximum atomic E-state index is 5.42. The second kappa shape index (κ2) is 4.23. The van der Waals surface area contributed by atoms with Crippen molar-refractivity contribution in [2.75, 3.05) is 6.54 Å². The minimum absolute atomic E-state index is 0.105. The summed E-state index contributed by atoms with van der Waals surface area (Å²) >= 11 is 0. The monoisotopic (exact) mass is 184 g/mol. The molecule has 5 nitrogen and oxygen atoms in total. The molecule has 0 fully saturated rings. The third kappa shape index (κ3) is 2.69. The molecule has 0 atom stereocenters. The van der Waals surface area contributed by atoms with Gasteiger partial charge in [0.15, 0.2) is 0 Å². The molecule has 0 saturated heterocycles. The van der Waals surface area contributed by atoms with Crippen molar-refractivity contribution in [1.29, 1.82) is 0 Å². The highest BCUT2D eigenvalue weighted by Crippen LogP contribution is 2.06. The first-order chi connectivity index (χ1) is 6.13. The number of rotatable bonds is 4. The van der Waals surface area contributed by atoms with Crippen LogP contribution in [0.1, 0.15) is 19.7 Å². The van der Waals surface area contributed by atoms with Crippen LogP contribution in [-0.2, 0) is 13.5 Å². The molecule has 0 saturated carbocycles. The van der Waals surface area contributed by atoms with Crippen molar-refractivity contribution >= 4 is 0 Å². The fourth-order valence-electron chi connectivity index (χ4n) is 0.999. The number of hydrogen-bond donors (Lipinski definition) is 1. The van der Waals surface area contributed by atoms with Crippen LogP contribution in [0.2, 0.25) is 0 Å². The van der Waals surface area contributed by atoms with Crippen LogP contribution in [0.5, 0.6) is 6.01 Å². The molecule has 1 aromatic rings. The van der Waals surface area contributed by atoms with Gasteiger partial charge in [-0.05, 0) is 20.4 Å². The van der Waals surface area contributed by atoms with Gasteiger partial charge in [-0.3, -0.25) is 0 Å². The van der Waals surface area contributed by atoms with Gasteiger partial charge in [-0.1, -0.05) is 0 Å². The summed E-state index contributed by atoms with van der Waals surface area (Å²) in [7, 11) is 1.84. The van der Waals surface area contributed by atoms with Gasteiger partial charge in [-0.25, -0.2) is 4.68 Å². The van der Waals surface area contributed by atoms with Crippen LogP contribution in [0.4, 0.5) is 0 Å². The van der Waals surface area contributed by atoms with E-state index in [0.29, 0.717) is 12.6 Å². The first-order valence-electron chi connectivity index (χ1n) is 4.40. The molecule has 0 unspecified atom stereocenters. The normalized spacial score (nSPS) is 10.8. The fraction of sp³-hybridized carbons (Fsp3) is 0.750. The Morgan fingerprint density at radius 3 is 2.77 bits per heavy atom. The Kier molecular flexibility index (Phi) is 3.25. The molecular formula is C8H16N4O. The van der Waals surface area contributed by atoms with E-state index in [1.165, 1.54) is 0 Å². The summed E-state index contributed by atoms with van der Waals surface area (Å²) in [6.07, 6.45) is 0.832.